The number of alkyl halides is 1. The van der Waals surface area contributed by atoms with Crippen LogP contribution in [0.1, 0.15) is 37.0 Å². The largest absolute Gasteiger partial charge is 0.479 e. The molecule has 4 aromatic rings. The Bertz CT molecular complexity index is 1740. The molecule has 4 atom stereocenters. The van der Waals surface area contributed by atoms with Crippen LogP contribution in [0, 0.1) is 11.8 Å². The molecule has 0 radical (unpaired) electrons. The van der Waals surface area contributed by atoms with Crippen LogP contribution in [0.25, 0.3) is 22.0 Å². The van der Waals surface area contributed by atoms with Crippen molar-refractivity contribution in [3.63, 3.8) is 0 Å². The van der Waals surface area contributed by atoms with E-state index in [-0.39, 0.29) is 36.9 Å². The summed E-state index contributed by atoms with van der Waals surface area (Å²) in [4.78, 5) is 51.7. The Morgan fingerprint density at radius 1 is 1.10 bits per heavy atom. The molecule has 0 spiro atoms. The summed E-state index contributed by atoms with van der Waals surface area (Å²) < 4.78 is 22.0. The van der Waals surface area contributed by atoms with Crippen LogP contribution in [0.15, 0.2) is 61.1 Å². The molecule has 3 heterocycles. The summed E-state index contributed by atoms with van der Waals surface area (Å²) in [5, 5.41) is 13.9. The number of nitrogens with zero attached hydrogens (tertiary/aromatic N) is 3. The highest BCUT2D eigenvalue weighted by Gasteiger charge is 2.43. The first-order valence-electron chi connectivity index (χ1n) is 13.7. The molecule has 2 aliphatic rings. The average Bonchev–Trinajstić information content (AvgIpc) is 3.55. The van der Waals surface area contributed by atoms with Gasteiger partial charge in [0.15, 0.2) is 17.7 Å². The van der Waals surface area contributed by atoms with Crippen molar-refractivity contribution >= 4 is 45.7 Å². The molecule has 1 aliphatic carbocycles. The lowest BCUT2D eigenvalue weighted by molar-refractivity contribution is -0.130. The highest BCUT2D eigenvalue weighted by molar-refractivity contribution is 6.08. The molecule has 2 aromatic heterocycles. The van der Waals surface area contributed by atoms with E-state index in [2.05, 4.69) is 20.8 Å². The topological polar surface area (TPSA) is 132 Å². The van der Waals surface area contributed by atoms with Crippen LogP contribution in [-0.2, 0) is 20.9 Å². The third-order valence-corrected chi connectivity index (χ3v) is 7.96. The fourth-order valence-electron chi connectivity index (χ4n) is 5.81. The number of carbonyl (C=O) groups is 4. The van der Waals surface area contributed by atoms with Gasteiger partial charge in [-0.3, -0.25) is 19.2 Å². The predicted molar refractivity (Wildman–Crippen MR) is 153 cm³/mol. The van der Waals surface area contributed by atoms with Gasteiger partial charge in [0, 0.05) is 34.1 Å². The van der Waals surface area contributed by atoms with Crippen LogP contribution in [-0.4, -0.2) is 50.4 Å². The fourth-order valence-corrected chi connectivity index (χ4v) is 5.81. The Morgan fingerprint density at radius 3 is 2.67 bits per heavy atom. The monoisotopic (exact) mass is 569 g/mol. The lowest BCUT2D eigenvalue weighted by atomic mass is 9.90. The van der Waals surface area contributed by atoms with Crippen molar-refractivity contribution in [3.05, 3.63) is 66.6 Å². The maximum Gasteiger partial charge on any atom is 0.265 e. The van der Waals surface area contributed by atoms with Gasteiger partial charge in [0.1, 0.15) is 17.6 Å². The minimum atomic E-state index is -1.31. The molecule has 0 bridgehead atoms. The number of benzene rings is 2. The van der Waals surface area contributed by atoms with Crippen LogP contribution in [0.5, 0.6) is 5.75 Å². The first-order valence-corrected chi connectivity index (χ1v) is 13.7. The van der Waals surface area contributed by atoms with E-state index in [0.717, 1.165) is 11.1 Å². The van der Waals surface area contributed by atoms with Gasteiger partial charge >= 0.3 is 0 Å². The minimum Gasteiger partial charge on any atom is -0.479 e. The Kier molecular flexibility index (Phi) is 7.01. The molecule has 2 N–H and O–H groups in total. The average molecular weight is 570 g/mol. The molecule has 2 unspecified atom stereocenters. The zero-order valence-electron chi connectivity index (χ0n) is 23.0. The number of nitrogens with one attached hydrogen (secondary N) is 2. The molecule has 2 amide bonds. The first-order chi connectivity index (χ1) is 20.2. The van der Waals surface area contributed by atoms with Crippen LogP contribution in [0.4, 0.5) is 15.8 Å². The highest BCUT2D eigenvalue weighted by Crippen LogP contribution is 2.40. The molecule has 0 saturated heterocycles. The van der Waals surface area contributed by atoms with Crippen molar-refractivity contribution < 1.29 is 28.3 Å². The molecular formula is C31H28FN5O5. The number of anilines is 2. The predicted octanol–water partition coefficient (Wildman–Crippen LogP) is 4.59. The van der Waals surface area contributed by atoms with E-state index in [9.17, 15) is 23.6 Å². The van der Waals surface area contributed by atoms with Gasteiger partial charge < -0.3 is 19.9 Å². The van der Waals surface area contributed by atoms with Crippen LogP contribution >= 0.6 is 0 Å². The highest BCUT2D eigenvalue weighted by atomic mass is 19.1. The van der Waals surface area contributed by atoms with Crippen molar-refractivity contribution in [2.45, 2.75) is 45.5 Å². The summed E-state index contributed by atoms with van der Waals surface area (Å²) >= 11 is 0. The zero-order chi connectivity index (χ0) is 29.5. The van der Waals surface area contributed by atoms with Crippen molar-refractivity contribution in [1.29, 1.82) is 0 Å². The maximum absolute atomic E-state index is 14.7. The zero-order valence-corrected chi connectivity index (χ0v) is 23.0. The number of ether oxygens (including phenoxy) is 1. The number of ketones is 2. The molecular weight excluding hydrogens is 541 g/mol. The van der Waals surface area contributed by atoms with Crippen LogP contribution in [0.2, 0.25) is 0 Å². The summed E-state index contributed by atoms with van der Waals surface area (Å²) in [7, 11) is 0. The summed E-state index contributed by atoms with van der Waals surface area (Å²) in [5.74, 6) is -2.66. The van der Waals surface area contributed by atoms with E-state index >= 15 is 0 Å². The number of Topliss-reactive ketones (excluding diaryl/α,β-unsaturated/α-hetero) is 2. The minimum absolute atomic E-state index is 0.0703. The fraction of sp³-hybridized carbons (Fsp3) is 0.290. The third kappa shape index (κ3) is 5.02. The van der Waals surface area contributed by atoms with E-state index in [1.807, 2.05) is 24.3 Å². The number of hydrogen-bond acceptors (Lipinski definition) is 7. The Labute approximate surface area is 240 Å². The van der Waals surface area contributed by atoms with Gasteiger partial charge in [0.2, 0.25) is 5.91 Å². The molecule has 214 valence electrons. The van der Waals surface area contributed by atoms with E-state index in [4.69, 9.17) is 4.74 Å². The number of aromatic nitrogens is 3. The Morgan fingerprint density at radius 2 is 1.90 bits per heavy atom. The molecule has 6 rings (SSSR count). The molecule has 11 heteroatoms. The van der Waals surface area contributed by atoms with Crippen LogP contribution in [0.3, 0.4) is 0 Å². The summed E-state index contributed by atoms with van der Waals surface area (Å²) in [6.45, 7) is 2.96. The smallest absolute Gasteiger partial charge is 0.265 e. The van der Waals surface area contributed by atoms with E-state index < -0.39 is 30.0 Å². The van der Waals surface area contributed by atoms with Crippen molar-refractivity contribution in [2.24, 2.45) is 11.8 Å². The number of rotatable bonds is 7. The third-order valence-electron chi connectivity index (χ3n) is 7.96. The van der Waals surface area contributed by atoms with Crippen molar-refractivity contribution in [3.8, 4) is 16.9 Å². The van der Waals surface area contributed by atoms with E-state index in [1.54, 1.807) is 48.3 Å². The second kappa shape index (κ2) is 10.8. The summed E-state index contributed by atoms with van der Waals surface area (Å²) in [6, 6.07) is 12.3. The summed E-state index contributed by atoms with van der Waals surface area (Å²) in [6.07, 6.45) is 2.69. The normalized spacial score (nSPS) is 21.4. The number of halogens is 1. The molecule has 1 saturated carbocycles. The molecule has 2 aromatic carbocycles. The number of amides is 2. The number of fused-ring (bicyclic) bond motifs is 2. The van der Waals surface area contributed by atoms with Gasteiger partial charge in [-0.05, 0) is 62.6 Å². The second-order valence-corrected chi connectivity index (χ2v) is 10.8. The standard InChI is InChI=1S/C31H28FN5O5/c1-16(38)24-14-37(26-7-6-18(10-21(24)26)19-8-9-33-34-13-19)15-27(39)22-11-20(32)12-23(22)31(41)35-25-4-3-5-28-29(25)36-30(40)17(2)42-28/h3-10,13-14,17,20,22-23H,11-12,15H2,1-2H3,(H,35,41)(H,36,40)/t17?,20-,22?,23+/m0/s1. The van der Waals surface area contributed by atoms with Gasteiger partial charge in [0.05, 0.1) is 30.5 Å². The Balaban J connectivity index is 1.25. The molecule has 10 nitrogen and oxygen atoms in total. The van der Waals surface area contributed by atoms with E-state index in [0.29, 0.717) is 33.6 Å². The quantitative estimate of drug-likeness (QED) is 0.311. The van der Waals surface area contributed by atoms with Crippen molar-refractivity contribution in [1.82, 2.24) is 14.8 Å². The molecule has 42 heavy (non-hydrogen) atoms. The van der Waals surface area contributed by atoms with Gasteiger partial charge in [-0.1, -0.05) is 12.1 Å². The molecule has 1 aliphatic heterocycles. The SMILES string of the molecule is CC(=O)c1cn(CC(=O)C2C[C@H](F)C[C@H]2C(=O)Nc2cccc3c2NC(=O)C(C)O3)c2ccc(-c3ccnnc3)cc12. The maximum atomic E-state index is 14.7. The van der Waals surface area contributed by atoms with Gasteiger partial charge in [-0.15, -0.1) is 0 Å². The lowest BCUT2D eigenvalue weighted by Crippen LogP contribution is -2.35. The van der Waals surface area contributed by atoms with Crippen LogP contribution < -0.4 is 15.4 Å². The number of para-hydroxylation sites is 1. The van der Waals surface area contributed by atoms with Gasteiger partial charge in [0.25, 0.3) is 5.91 Å². The molecule has 1 fully saturated rings. The first kappa shape index (κ1) is 27.3. The lowest BCUT2D eigenvalue weighted by Gasteiger charge is -2.26. The summed E-state index contributed by atoms with van der Waals surface area (Å²) in [5.41, 5.74) is 3.45. The van der Waals surface area contributed by atoms with E-state index in [1.165, 1.54) is 6.92 Å². The Hall–Kier alpha value is -4.93. The number of carbonyl (C=O) groups excluding carboxylic acids is 4. The van der Waals surface area contributed by atoms with Gasteiger partial charge in [-0.2, -0.15) is 10.2 Å². The van der Waals surface area contributed by atoms with Gasteiger partial charge in [-0.25, -0.2) is 4.39 Å². The number of hydrogen-bond donors (Lipinski definition) is 2. The second-order valence-electron chi connectivity index (χ2n) is 10.8. The van der Waals surface area contributed by atoms with Crippen molar-refractivity contribution in [2.75, 3.05) is 10.6 Å².